The number of benzene rings is 5. The first-order valence-electron chi connectivity index (χ1n) is 12.7. The van der Waals surface area contributed by atoms with Crippen molar-refractivity contribution in [1.82, 2.24) is 0 Å². The summed E-state index contributed by atoms with van der Waals surface area (Å²) in [6.07, 6.45) is 7.84. The molecule has 0 spiro atoms. The molecular weight excluding hydrogens is 454 g/mol. The summed E-state index contributed by atoms with van der Waals surface area (Å²) in [5.41, 5.74) is 5.13. The Morgan fingerprint density at radius 3 is 2.25 bits per heavy atom. The van der Waals surface area contributed by atoms with E-state index in [1.54, 1.807) is 0 Å². The van der Waals surface area contributed by atoms with Gasteiger partial charge in [0.05, 0.1) is 5.69 Å². The van der Waals surface area contributed by atoms with Crippen LogP contribution in [0.4, 0.5) is 11.4 Å². The molecule has 7 rings (SSSR count). The number of rotatable bonds is 3. The normalized spacial score (nSPS) is 15.7. The Balaban J connectivity index is 1.59. The maximum atomic E-state index is 2.52. The van der Waals surface area contributed by atoms with Crippen LogP contribution in [-0.2, 0) is 0 Å². The van der Waals surface area contributed by atoms with Crippen LogP contribution in [0.15, 0.2) is 115 Å². The molecule has 1 aliphatic carbocycles. The molecule has 1 aromatic heterocycles. The number of anilines is 2. The lowest BCUT2D eigenvalue weighted by Gasteiger charge is -2.32. The first-order valence-corrected chi connectivity index (χ1v) is 13.5. The van der Waals surface area contributed by atoms with Gasteiger partial charge in [0.25, 0.3) is 0 Å². The third-order valence-corrected chi connectivity index (χ3v) is 8.67. The first-order chi connectivity index (χ1) is 17.7. The van der Waals surface area contributed by atoms with Gasteiger partial charge in [-0.2, -0.15) is 0 Å². The van der Waals surface area contributed by atoms with E-state index < -0.39 is 0 Å². The topological polar surface area (TPSA) is 3.24 Å². The fraction of sp³-hybridized carbons (Fsp3) is 0.118. The molecule has 2 heteroatoms. The number of thiophene rings is 1. The Morgan fingerprint density at radius 1 is 0.722 bits per heavy atom. The highest BCUT2D eigenvalue weighted by atomic mass is 32.1. The maximum Gasteiger partial charge on any atom is 0.0544 e. The Hall–Kier alpha value is -3.88. The molecule has 0 saturated carbocycles. The predicted octanol–water partition coefficient (Wildman–Crippen LogP) is 10.3. The summed E-state index contributed by atoms with van der Waals surface area (Å²) in [7, 11) is 0. The molecule has 0 saturated heterocycles. The van der Waals surface area contributed by atoms with Crippen LogP contribution >= 0.6 is 11.3 Å². The van der Waals surface area contributed by atoms with E-state index in [-0.39, 0.29) is 0 Å². The Bertz CT molecular complexity index is 1850. The van der Waals surface area contributed by atoms with Gasteiger partial charge in [0.2, 0.25) is 0 Å². The number of para-hydroxylation sites is 1. The van der Waals surface area contributed by atoms with Crippen molar-refractivity contribution in [2.45, 2.75) is 20.3 Å². The highest BCUT2D eigenvalue weighted by molar-refractivity contribution is 7.26. The molecule has 0 N–H and O–H groups in total. The highest BCUT2D eigenvalue weighted by Crippen LogP contribution is 2.47. The van der Waals surface area contributed by atoms with Crippen molar-refractivity contribution in [2.75, 3.05) is 4.90 Å². The number of fused-ring (bicyclic) bond motifs is 6. The van der Waals surface area contributed by atoms with Crippen molar-refractivity contribution in [3.63, 3.8) is 0 Å². The first kappa shape index (κ1) is 21.4. The fourth-order valence-electron chi connectivity index (χ4n) is 5.69. The molecule has 1 heterocycles. The molecule has 0 radical (unpaired) electrons. The van der Waals surface area contributed by atoms with Crippen LogP contribution in [0, 0.1) is 12.8 Å². The Kier molecular flexibility index (Phi) is 4.97. The van der Waals surface area contributed by atoms with Crippen molar-refractivity contribution in [2.24, 2.45) is 5.92 Å². The monoisotopic (exact) mass is 481 g/mol. The molecular formula is C34H27NS. The van der Waals surface area contributed by atoms with Crippen LogP contribution in [0.2, 0.25) is 0 Å². The standard InChI is InChI=1S/C34H27NS/c1-22-10-9-14-26(18-22)35(31-17-8-3-11-23(31)2)32-21-30-29-19-24-12-4-5-13-25(24)20-33(29)36-34(30)28-16-7-6-15-27(28)32/h3-17,19-22H,18H2,1-2H3. The molecule has 0 aliphatic heterocycles. The Morgan fingerprint density at radius 2 is 1.44 bits per heavy atom. The molecule has 0 bridgehead atoms. The van der Waals surface area contributed by atoms with Crippen LogP contribution in [0.3, 0.4) is 0 Å². The SMILES string of the molecule is Cc1ccccc1N(C1=CC=CC(C)C1)c1cc2c3cc4ccccc4cc3sc2c2ccccc12. The van der Waals surface area contributed by atoms with Crippen molar-refractivity contribution >= 4 is 64.4 Å². The van der Waals surface area contributed by atoms with Gasteiger partial charge in [-0.3, -0.25) is 0 Å². The van der Waals surface area contributed by atoms with Gasteiger partial charge in [-0.1, -0.05) is 85.8 Å². The van der Waals surface area contributed by atoms with E-state index in [1.165, 1.54) is 64.4 Å². The van der Waals surface area contributed by atoms with E-state index in [0.29, 0.717) is 5.92 Å². The largest absolute Gasteiger partial charge is 0.313 e. The summed E-state index contributed by atoms with van der Waals surface area (Å²) in [5.74, 6) is 0.514. The highest BCUT2D eigenvalue weighted by Gasteiger charge is 2.23. The summed E-state index contributed by atoms with van der Waals surface area (Å²) in [4.78, 5) is 2.52. The van der Waals surface area contributed by atoms with E-state index >= 15 is 0 Å². The zero-order valence-electron chi connectivity index (χ0n) is 20.5. The summed E-state index contributed by atoms with van der Waals surface area (Å²) in [6.45, 7) is 4.52. The molecule has 1 aliphatic rings. The van der Waals surface area contributed by atoms with Crippen LogP contribution < -0.4 is 4.90 Å². The Labute approximate surface area is 215 Å². The van der Waals surface area contributed by atoms with Gasteiger partial charge in [-0.15, -0.1) is 11.3 Å². The number of allylic oxidation sites excluding steroid dienone is 4. The average molecular weight is 482 g/mol. The van der Waals surface area contributed by atoms with Gasteiger partial charge in [0, 0.05) is 42.3 Å². The van der Waals surface area contributed by atoms with E-state index in [4.69, 9.17) is 0 Å². The number of aryl methyl sites for hydroxylation is 1. The van der Waals surface area contributed by atoms with E-state index in [9.17, 15) is 0 Å². The van der Waals surface area contributed by atoms with Gasteiger partial charge < -0.3 is 4.90 Å². The second-order valence-corrected chi connectivity index (χ2v) is 11.0. The average Bonchev–Trinajstić information content (AvgIpc) is 3.26. The van der Waals surface area contributed by atoms with E-state index in [2.05, 4.69) is 128 Å². The minimum atomic E-state index is 0.514. The number of hydrogen-bond acceptors (Lipinski definition) is 2. The van der Waals surface area contributed by atoms with Crippen LogP contribution in [0.1, 0.15) is 18.9 Å². The minimum absolute atomic E-state index is 0.514. The molecule has 6 aromatic rings. The number of hydrogen-bond donors (Lipinski definition) is 0. The molecule has 0 amide bonds. The van der Waals surface area contributed by atoms with Gasteiger partial charge in [-0.05, 0) is 65.9 Å². The van der Waals surface area contributed by atoms with Gasteiger partial charge >= 0.3 is 0 Å². The lowest BCUT2D eigenvalue weighted by Crippen LogP contribution is -2.20. The fourth-order valence-corrected chi connectivity index (χ4v) is 6.94. The van der Waals surface area contributed by atoms with Crippen molar-refractivity contribution in [1.29, 1.82) is 0 Å². The van der Waals surface area contributed by atoms with E-state index in [1.807, 2.05) is 11.3 Å². The van der Waals surface area contributed by atoms with Crippen LogP contribution in [0.25, 0.3) is 41.7 Å². The molecule has 0 fully saturated rings. The maximum absolute atomic E-state index is 2.52. The van der Waals surface area contributed by atoms with Crippen molar-refractivity contribution in [3.8, 4) is 0 Å². The lowest BCUT2D eigenvalue weighted by atomic mass is 9.96. The summed E-state index contributed by atoms with van der Waals surface area (Å²) in [5, 5.41) is 7.91. The quantitative estimate of drug-likeness (QED) is 0.243. The summed E-state index contributed by atoms with van der Waals surface area (Å²) in [6, 6.07) is 33.6. The number of nitrogens with zero attached hydrogens (tertiary/aromatic N) is 1. The second kappa shape index (κ2) is 8.36. The molecule has 1 atom stereocenters. The molecule has 36 heavy (non-hydrogen) atoms. The zero-order valence-corrected chi connectivity index (χ0v) is 21.3. The van der Waals surface area contributed by atoms with E-state index in [0.717, 1.165) is 6.42 Å². The smallest absolute Gasteiger partial charge is 0.0544 e. The predicted molar refractivity (Wildman–Crippen MR) is 159 cm³/mol. The third kappa shape index (κ3) is 3.37. The van der Waals surface area contributed by atoms with Crippen LogP contribution in [0.5, 0.6) is 0 Å². The van der Waals surface area contributed by atoms with Gasteiger partial charge in [0.15, 0.2) is 0 Å². The zero-order chi connectivity index (χ0) is 24.2. The van der Waals surface area contributed by atoms with Gasteiger partial charge in [0.1, 0.15) is 0 Å². The van der Waals surface area contributed by atoms with Crippen LogP contribution in [-0.4, -0.2) is 0 Å². The van der Waals surface area contributed by atoms with Crippen molar-refractivity contribution < 1.29 is 0 Å². The molecule has 5 aromatic carbocycles. The summed E-state index contributed by atoms with van der Waals surface area (Å²) < 4.78 is 2.72. The summed E-state index contributed by atoms with van der Waals surface area (Å²) >= 11 is 1.92. The molecule has 1 nitrogen and oxygen atoms in total. The molecule has 1 unspecified atom stereocenters. The third-order valence-electron chi connectivity index (χ3n) is 7.47. The molecule has 174 valence electrons. The minimum Gasteiger partial charge on any atom is -0.313 e. The van der Waals surface area contributed by atoms with Gasteiger partial charge in [-0.25, -0.2) is 0 Å². The lowest BCUT2D eigenvalue weighted by molar-refractivity contribution is 0.696. The van der Waals surface area contributed by atoms with Crippen molar-refractivity contribution in [3.05, 3.63) is 120 Å². The second-order valence-electron chi connectivity index (χ2n) is 9.96.